The maximum Gasteiger partial charge on any atom is 0.339 e. The molecule has 4 N–H and O–H groups in total. The van der Waals surface area contributed by atoms with E-state index in [9.17, 15) is 34.8 Å². The van der Waals surface area contributed by atoms with Gasteiger partial charge in [0.1, 0.15) is 17.1 Å². The Hall–Kier alpha value is -3.19. The standard InChI is InChI=1S/C20H16O7/c1-8-6-20(27)7-12(22)15-10(16(20)18(24)13(8)19(25)26)5-9-3-2-4-11(21)14(9)17(15)23/h2-5,16,21,23,27H,6-7H2,1H3,(H,25,26)/t16-,20-/m0/s1. The van der Waals surface area contributed by atoms with Crippen LogP contribution in [0.4, 0.5) is 0 Å². The zero-order valence-electron chi connectivity index (χ0n) is 14.3. The molecular weight excluding hydrogens is 352 g/mol. The Labute approximate surface area is 153 Å². The number of benzene rings is 2. The van der Waals surface area contributed by atoms with E-state index in [2.05, 4.69) is 0 Å². The van der Waals surface area contributed by atoms with Gasteiger partial charge in [0.05, 0.1) is 22.5 Å². The van der Waals surface area contributed by atoms with Gasteiger partial charge in [0.15, 0.2) is 11.6 Å². The number of carbonyl (C=O) groups excluding carboxylic acids is 2. The van der Waals surface area contributed by atoms with Gasteiger partial charge in [-0.1, -0.05) is 17.7 Å². The minimum atomic E-state index is -1.75. The fourth-order valence-corrected chi connectivity index (χ4v) is 4.46. The predicted molar refractivity (Wildman–Crippen MR) is 93.9 cm³/mol. The topological polar surface area (TPSA) is 132 Å². The van der Waals surface area contributed by atoms with Crippen LogP contribution in [-0.4, -0.2) is 43.6 Å². The normalized spacial score (nSPS) is 24.7. The summed E-state index contributed by atoms with van der Waals surface area (Å²) < 4.78 is 0. The smallest absolute Gasteiger partial charge is 0.339 e. The molecule has 0 radical (unpaired) electrons. The largest absolute Gasteiger partial charge is 0.507 e. The highest BCUT2D eigenvalue weighted by atomic mass is 16.4. The average molecular weight is 368 g/mol. The zero-order valence-corrected chi connectivity index (χ0v) is 14.3. The predicted octanol–water partition coefficient (Wildman–Crippen LogP) is 2.03. The number of aliphatic carboxylic acids is 1. The van der Waals surface area contributed by atoms with Crippen LogP contribution in [-0.2, 0) is 9.59 Å². The molecule has 0 unspecified atom stereocenters. The highest BCUT2D eigenvalue weighted by molar-refractivity contribution is 6.23. The van der Waals surface area contributed by atoms with E-state index in [1.807, 2.05) is 0 Å². The summed E-state index contributed by atoms with van der Waals surface area (Å²) in [4.78, 5) is 37.2. The molecule has 0 spiro atoms. The second-order valence-corrected chi connectivity index (χ2v) is 7.20. The molecule has 2 aromatic rings. The van der Waals surface area contributed by atoms with Crippen LogP contribution in [0.5, 0.6) is 11.5 Å². The lowest BCUT2D eigenvalue weighted by atomic mass is 9.62. The number of phenols is 2. The molecule has 0 bridgehead atoms. The monoisotopic (exact) mass is 368 g/mol. The summed E-state index contributed by atoms with van der Waals surface area (Å²) >= 11 is 0. The van der Waals surface area contributed by atoms with Crippen LogP contribution >= 0.6 is 0 Å². The fourth-order valence-electron chi connectivity index (χ4n) is 4.46. The molecule has 138 valence electrons. The SMILES string of the molecule is CC1=C(C(=O)O)C(=O)[C@@H]2c3cc4cccc(O)c4c(O)c3C(=O)C[C@@]2(O)C1. The molecule has 2 aromatic carbocycles. The van der Waals surface area contributed by atoms with Gasteiger partial charge in [0.2, 0.25) is 0 Å². The molecule has 0 saturated heterocycles. The van der Waals surface area contributed by atoms with E-state index in [1.165, 1.54) is 25.1 Å². The van der Waals surface area contributed by atoms with Crippen molar-refractivity contribution < 1.29 is 34.8 Å². The van der Waals surface area contributed by atoms with E-state index >= 15 is 0 Å². The number of phenolic OH excluding ortho intramolecular Hbond substituents is 2. The number of aliphatic hydroxyl groups is 1. The first kappa shape index (κ1) is 17.2. The van der Waals surface area contributed by atoms with E-state index in [0.717, 1.165) is 0 Å². The van der Waals surface area contributed by atoms with Crippen molar-refractivity contribution in [1.29, 1.82) is 0 Å². The number of carbonyl (C=O) groups is 3. The Morgan fingerprint density at radius 3 is 2.56 bits per heavy atom. The molecule has 0 fully saturated rings. The summed E-state index contributed by atoms with van der Waals surface area (Å²) in [7, 11) is 0. The molecule has 4 rings (SSSR count). The van der Waals surface area contributed by atoms with Gasteiger partial charge < -0.3 is 20.4 Å². The molecule has 2 aliphatic carbocycles. The lowest BCUT2D eigenvalue weighted by Gasteiger charge is -2.43. The second-order valence-electron chi connectivity index (χ2n) is 7.20. The van der Waals surface area contributed by atoms with Gasteiger partial charge in [-0.05, 0) is 36.4 Å². The first-order valence-corrected chi connectivity index (χ1v) is 8.36. The van der Waals surface area contributed by atoms with Gasteiger partial charge >= 0.3 is 5.97 Å². The molecule has 27 heavy (non-hydrogen) atoms. The molecule has 0 saturated carbocycles. The summed E-state index contributed by atoms with van der Waals surface area (Å²) in [6, 6.07) is 5.93. The summed E-state index contributed by atoms with van der Waals surface area (Å²) in [5.41, 5.74) is -2.01. The van der Waals surface area contributed by atoms with Crippen LogP contribution in [0.2, 0.25) is 0 Å². The van der Waals surface area contributed by atoms with Crippen molar-refractivity contribution in [3.63, 3.8) is 0 Å². The third kappa shape index (κ3) is 2.21. The van der Waals surface area contributed by atoms with Crippen LogP contribution in [0, 0.1) is 0 Å². The molecule has 7 heteroatoms. The van der Waals surface area contributed by atoms with Gasteiger partial charge in [-0.15, -0.1) is 0 Å². The van der Waals surface area contributed by atoms with Crippen molar-refractivity contribution in [2.24, 2.45) is 0 Å². The Bertz CT molecular complexity index is 1100. The number of hydrogen-bond acceptors (Lipinski definition) is 6. The first-order chi connectivity index (χ1) is 12.7. The average Bonchev–Trinajstić information content (AvgIpc) is 2.52. The number of rotatable bonds is 1. The number of carboxylic acids is 1. The minimum Gasteiger partial charge on any atom is -0.507 e. The van der Waals surface area contributed by atoms with Crippen molar-refractivity contribution in [2.75, 3.05) is 0 Å². The molecule has 0 aromatic heterocycles. The van der Waals surface area contributed by atoms with E-state index in [4.69, 9.17) is 0 Å². The number of Topliss-reactive ketones (excluding diaryl/α,β-unsaturated/α-hetero) is 2. The van der Waals surface area contributed by atoms with Crippen LogP contribution in [0.25, 0.3) is 10.8 Å². The van der Waals surface area contributed by atoms with Gasteiger partial charge in [-0.3, -0.25) is 9.59 Å². The minimum absolute atomic E-state index is 0.0727. The van der Waals surface area contributed by atoms with E-state index < -0.39 is 46.8 Å². The Morgan fingerprint density at radius 1 is 1.19 bits per heavy atom. The lowest BCUT2D eigenvalue weighted by molar-refractivity contribution is -0.137. The second kappa shape index (κ2) is 5.40. The molecule has 7 nitrogen and oxygen atoms in total. The van der Waals surface area contributed by atoms with Crippen molar-refractivity contribution in [3.05, 3.63) is 46.5 Å². The Kier molecular flexibility index (Phi) is 3.45. The number of hydrogen-bond donors (Lipinski definition) is 4. The summed E-state index contributed by atoms with van der Waals surface area (Å²) in [5, 5.41) is 41.6. The lowest BCUT2D eigenvalue weighted by Crippen LogP contribution is -2.50. The number of fused-ring (bicyclic) bond motifs is 4. The third-order valence-electron chi connectivity index (χ3n) is 5.46. The molecule has 0 amide bonds. The molecular formula is C20H16O7. The highest BCUT2D eigenvalue weighted by Crippen LogP contribution is 2.51. The first-order valence-electron chi connectivity index (χ1n) is 8.36. The maximum absolute atomic E-state index is 13.0. The number of ketones is 2. The van der Waals surface area contributed by atoms with Crippen molar-refractivity contribution in [3.8, 4) is 11.5 Å². The number of carboxylic acid groups (broad SMARTS) is 1. The summed E-state index contributed by atoms with van der Waals surface area (Å²) in [6.07, 6.45) is -0.553. The maximum atomic E-state index is 13.0. The quantitative estimate of drug-likeness (QED) is 0.566. The van der Waals surface area contributed by atoms with Crippen molar-refractivity contribution in [1.82, 2.24) is 0 Å². The molecule has 2 aliphatic rings. The van der Waals surface area contributed by atoms with Crippen LogP contribution < -0.4 is 0 Å². The van der Waals surface area contributed by atoms with Crippen LogP contribution in [0.15, 0.2) is 35.4 Å². The third-order valence-corrected chi connectivity index (χ3v) is 5.46. The van der Waals surface area contributed by atoms with E-state index in [-0.39, 0.29) is 34.3 Å². The summed E-state index contributed by atoms with van der Waals surface area (Å²) in [5.74, 6) is -4.72. The van der Waals surface area contributed by atoms with Gasteiger partial charge in [0, 0.05) is 6.42 Å². The van der Waals surface area contributed by atoms with E-state index in [1.54, 1.807) is 6.07 Å². The zero-order chi connectivity index (χ0) is 19.7. The van der Waals surface area contributed by atoms with Gasteiger partial charge in [0.25, 0.3) is 0 Å². The van der Waals surface area contributed by atoms with Gasteiger partial charge in [-0.25, -0.2) is 4.79 Å². The molecule has 0 aliphatic heterocycles. The van der Waals surface area contributed by atoms with Crippen LogP contribution in [0.3, 0.4) is 0 Å². The fraction of sp³-hybridized carbons (Fsp3) is 0.250. The van der Waals surface area contributed by atoms with Crippen LogP contribution in [0.1, 0.15) is 41.6 Å². The van der Waals surface area contributed by atoms with Crippen molar-refractivity contribution in [2.45, 2.75) is 31.3 Å². The van der Waals surface area contributed by atoms with E-state index in [0.29, 0.717) is 5.39 Å². The Balaban J connectivity index is 2.06. The molecule has 0 heterocycles. The molecule has 2 atom stereocenters. The highest BCUT2D eigenvalue weighted by Gasteiger charge is 2.54. The Morgan fingerprint density at radius 2 is 1.89 bits per heavy atom. The van der Waals surface area contributed by atoms with Crippen molar-refractivity contribution >= 4 is 28.3 Å². The van der Waals surface area contributed by atoms with Gasteiger partial charge in [-0.2, -0.15) is 0 Å². The number of aromatic hydroxyl groups is 2. The summed E-state index contributed by atoms with van der Waals surface area (Å²) in [6.45, 7) is 1.45.